The fraction of sp³-hybridized carbons (Fsp3) is 0.318. The second-order valence-corrected chi connectivity index (χ2v) is 11.3. The van der Waals surface area contributed by atoms with Crippen molar-refractivity contribution >= 4 is 45.5 Å². The lowest BCUT2D eigenvalue weighted by Gasteiger charge is -2.30. The molecule has 1 amide bonds. The molecular formula is C22H24N4O4S3. The molecule has 0 unspecified atom stereocenters. The summed E-state index contributed by atoms with van der Waals surface area (Å²) in [5.74, 6) is 0.375. The molecule has 0 spiro atoms. The Morgan fingerprint density at radius 2 is 1.76 bits per heavy atom. The van der Waals surface area contributed by atoms with Crippen LogP contribution >= 0.6 is 23.5 Å². The molecule has 4 rings (SSSR count). The molecule has 2 aromatic carbocycles. The van der Waals surface area contributed by atoms with Crippen molar-refractivity contribution in [2.24, 2.45) is 5.92 Å². The van der Waals surface area contributed by atoms with Gasteiger partial charge in [0.1, 0.15) is 0 Å². The van der Waals surface area contributed by atoms with Gasteiger partial charge >= 0.3 is 6.01 Å². The van der Waals surface area contributed by atoms with Crippen molar-refractivity contribution in [2.45, 2.75) is 33.3 Å². The minimum atomic E-state index is -3.57. The van der Waals surface area contributed by atoms with Gasteiger partial charge in [-0.2, -0.15) is 4.31 Å². The fourth-order valence-corrected chi connectivity index (χ4v) is 6.12. The molecule has 1 fully saturated rings. The van der Waals surface area contributed by atoms with E-state index in [1.165, 1.54) is 4.31 Å². The van der Waals surface area contributed by atoms with Crippen molar-refractivity contribution in [1.29, 1.82) is 0 Å². The molecule has 174 valence electrons. The standard InChI is InChI=1S/C22H24N4O4S3/c1-31-17-7-9-19(10-8-17)33(28,29)26-13-11-16(12-14-26)21(27)23-22-25-24-20(30-22)15-32-18-5-3-2-4-6-18/h2-10,16H,11-15H2,1H3,(H,23,25,27). The van der Waals surface area contributed by atoms with Gasteiger partial charge in [0.05, 0.1) is 10.6 Å². The van der Waals surface area contributed by atoms with Crippen LogP contribution in [0.15, 0.2) is 73.7 Å². The Morgan fingerprint density at radius 3 is 2.42 bits per heavy atom. The lowest BCUT2D eigenvalue weighted by molar-refractivity contribution is -0.121. The number of hydrogen-bond acceptors (Lipinski definition) is 8. The summed E-state index contributed by atoms with van der Waals surface area (Å²) in [5, 5.41) is 10.5. The lowest BCUT2D eigenvalue weighted by Crippen LogP contribution is -2.41. The van der Waals surface area contributed by atoms with Gasteiger partial charge in [-0.15, -0.1) is 28.6 Å². The summed E-state index contributed by atoms with van der Waals surface area (Å²) in [4.78, 5) is 15.0. The molecule has 1 saturated heterocycles. The number of nitrogens with zero attached hydrogens (tertiary/aromatic N) is 3. The third kappa shape index (κ3) is 5.97. The third-order valence-electron chi connectivity index (χ3n) is 5.32. The molecule has 1 aromatic heterocycles. The van der Waals surface area contributed by atoms with Gasteiger partial charge in [-0.3, -0.25) is 10.1 Å². The zero-order valence-corrected chi connectivity index (χ0v) is 20.5. The molecule has 0 atom stereocenters. The molecule has 1 aliphatic heterocycles. The van der Waals surface area contributed by atoms with Crippen molar-refractivity contribution in [3.63, 3.8) is 0 Å². The molecule has 0 radical (unpaired) electrons. The van der Waals surface area contributed by atoms with Crippen LogP contribution in [0, 0.1) is 5.92 Å². The maximum atomic E-state index is 12.9. The van der Waals surface area contributed by atoms with Crippen molar-refractivity contribution in [3.8, 4) is 0 Å². The van der Waals surface area contributed by atoms with E-state index >= 15 is 0 Å². The van der Waals surface area contributed by atoms with Crippen molar-refractivity contribution < 1.29 is 17.6 Å². The Labute approximate surface area is 201 Å². The first kappa shape index (κ1) is 23.8. The number of piperidine rings is 1. The van der Waals surface area contributed by atoms with E-state index in [4.69, 9.17) is 4.42 Å². The number of amides is 1. The van der Waals surface area contributed by atoms with Gasteiger partial charge in [-0.1, -0.05) is 23.3 Å². The van der Waals surface area contributed by atoms with Gasteiger partial charge in [0.15, 0.2) is 0 Å². The minimum Gasteiger partial charge on any atom is -0.407 e. The number of thioether (sulfide) groups is 2. The predicted molar refractivity (Wildman–Crippen MR) is 129 cm³/mol. The Morgan fingerprint density at radius 1 is 1.06 bits per heavy atom. The maximum absolute atomic E-state index is 12.9. The summed E-state index contributed by atoms with van der Waals surface area (Å²) in [6.07, 6.45) is 2.80. The van der Waals surface area contributed by atoms with E-state index in [2.05, 4.69) is 15.5 Å². The molecule has 2 heterocycles. The zero-order chi connectivity index (χ0) is 23.3. The summed E-state index contributed by atoms with van der Waals surface area (Å²) in [6, 6.07) is 16.8. The number of sulfonamides is 1. The van der Waals surface area contributed by atoms with Crippen LogP contribution in [0.2, 0.25) is 0 Å². The van der Waals surface area contributed by atoms with E-state index in [9.17, 15) is 13.2 Å². The molecule has 33 heavy (non-hydrogen) atoms. The average Bonchev–Trinajstić information content (AvgIpc) is 3.30. The highest BCUT2D eigenvalue weighted by atomic mass is 32.2. The first-order valence-corrected chi connectivity index (χ1v) is 14.1. The maximum Gasteiger partial charge on any atom is 0.322 e. The summed E-state index contributed by atoms with van der Waals surface area (Å²) < 4.78 is 32.8. The first-order chi connectivity index (χ1) is 16.0. The molecular weight excluding hydrogens is 480 g/mol. The highest BCUT2D eigenvalue weighted by molar-refractivity contribution is 7.98. The lowest BCUT2D eigenvalue weighted by atomic mass is 9.97. The topological polar surface area (TPSA) is 105 Å². The summed E-state index contributed by atoms with van der Waals surface area (Å²) >= 11 is 3.12. The number of carbonyl (C=O) groups excluding carboxylic acids is 1. The minimum absolute atomic E-state index is 0.0626. The van der Waals surface area contributed by atoms with Gasteiger partial charge in [0.2, 0.25) is 21.8 Å². The Hall–Kier alpha value is -2.34. The van der Waals surface area contributed by atoms with E-state index in [1.807, 2.05) is 36.6 Å². The van der Waals surface area contributed by atoms with Crippen molar-refractivity contribution in [3.05, 3.63) is 60.5 Å². The van der Waals surface area contributed by atoms with Crippen LogP contribution in [0.4, 0.5) is 6.01 Å². The number of nitrogens with one attached hydrogen (secondary N) is 1. The van der Waals surface area contributed by atoms with Gasteiger partial charge in [-0.25, -0.2) is 8.42 Å². The Balaban J connectivity index is 1.28. The molecule has 8 nitrogen and oxygen atoms in total. The second kappa shape index (κ2) is 10.7. The van der Waals surface area contributed by atoms with Crippen LogP contribution < -0.4 is 5.32 Å². The number of carbonyl (C=O) groups is 1. The molecule has 1 N–H and O–H groups in total. The number of rotatable bonds is 8. The van der Waals surface area contributed by atoms with Gasteiger partial charge in [0, 0.05) is 28.8 Å². The number of aromatic nitrogens is 2. The number of benzene rings is 2. The van der Waals surface area contributed by atoms with Crippen molar-refractivity contribution in [1.82, 2.24) is 14.5 Å². The highest BCUT2D eigenvalue weighted by Crippen LogP contribution is 2.27. The summed E-state index contributed by atoms with van der Waals surface area (Å²) in [6.45, 7) is 0.570. The Kier molecular flexibility index (Phi) is 7.74. The molecule has 11 heteroatoms. The second-order valence-electron chi connectivity index (χ2n) is 7.45. The third-order valence-corrected chi connectivity index (χ3v) is 8.98. The average molecular weight is 505 g/mol. The van der Waals surface area contributed by atoms with E-state index in [-0.39, 0.29) is 35.8 Å². The Bertz CT molecular complexity index is 1180. The molecule has 0 saturated carbocycles. The molecule has 3 aromatic rings. The summed E-state index contributed by atoms with van der Waals surface area (Å²) in [7, 11) is -3.57. The monoisotopic (exact) mass is 504 g/mol. The summed E-state index contributed by atoms with van der Waals surface area (Å²) in [5.41, 5.74) is 0. The normalized spacial score (nSPS) is 15.4. The van der Waals surface area contributed by atoms with Crippen molar-refractivity contribution in [2.75, 3.05) is 24.7 Å². The van der Waals surface area contributed by atoms with Gasteiger partial charge < -0.3 is 4.42 Å². The van der Waals surface area contributed by atoms with Crippen LogP contribution in [-0.2, 0) is 20.6 Å². The highest BCUT2D eigenvalue weighted by Gasteiger charge is 2.32. The van der Waals surface area contributed by atoms with E-state index < -0.39 is 10.0 Å². The zero-order valence-electron chi connectivity index (χ0n) is 18.0. The largest absolute Gasteiger partial charge is 0.407 e. The molecule has 0 bridgehead atoms. The number of anilines is 1. The predicted octanol–water partition coefficient (Wildman–Crippen LogP) is 4.12. The van der Waals surface area contributed by atoms with Crippen LogP contribution in [0.25, 0.3) is 0 Å². The van der Waals surface area contributed by atoms with Crippen LogP contribution in [-0.4, -0.2) is 48.2 Å². The smallest absolute Gasteiger partial charge is 0.322 e. The number of hydrogen-bond donors (Lipinski definition) is 1. The molecule has 1 aliphatic rings. The van der Waals surface area contributed by atoms with E-state index in [0.29, 0.717) is 24.5 Å². The SMILES string of the molecule is CSc1ccc(S(=O)(=O)N2CCC(C(=O)Nc3nnc(CSc4ccccc4)o3)CC2)cc1. The van der Waals surface area contributed by atoms with Crippen LogP contribution in [0.5, 0.6) is 0 Å². The van der Waals surface area contributed by atoms with Gasteiger partial charge in [-0.05, 0) is 55.5 Å². The van der Waals surface area contributed by atoms with Gasteiger partial charge in [0.25, 0.3) is 0 Å². The van der Waals surface area contributed by atoms with Crippen LogP contribution in [0.3, 0.4) is 0 Å². The van der Waals surface area contributed by atoms with E-state index in [1.54, 1.807) is 47.8 Å². The molecule has 0 aliphatic carbocycles. The quantitative estimate of drug-likeness (QED) is 0.457. The fourth-order valence-electron chi connectivity index (χ4n) is 3.49. The van der Waals surface area contributed by atoms with E-state index in [0.717, 1.165) is 9.79 Å². The first-order valence-electron chi connectivity index (χ1n) is 10.4. The van der Waals surface area contributed by atoms with Crippen LogP contribution in [0.1, 0.15) is 18.7 Å².